The summed E-state index contributed by atoms with van der Waals surface area (Å²) in [7, 11) is 0. The standard InChI is InChI=1S/C21H26N2O2S/c1-4-18-15(3)12-19(26-18)21(25)22-13-20(24)23-11-5-6-17(23)16-9-7-14(2)8-10-16/h7-10,12,17H,4-6,11,13H2,1-3H3,(H,22,25)/t17-/m0/s1. The van der Waals surface area contributed by atoms with Gasteiger partial charge in [0.15, 0.2) is 0 Å². The Balaban J connectivity index is 1.61. The molecular weight excluding hydrogens is 344 g/mol. The Morgan fingerprint density at radius 3 is 2.62 bits per heavy atom. The van der Waals surface area contributed by atoms with Crippen LogP contribution in [0.2, 0.25) is 0 Å². The fourth-order valence-electron chi connectivity index (χ4n) is 3.53. The van der Waals surface area contributed by atoms with Crippen LogP contribution in [-0.4, -0.2) is 29.8 Å². The smallest absolute Gasteiger partial charge is 0.261 e. The quantitative estimate of drug-likeness (QED) is 0.864. The Bertz CT molecular complexity index is 795. The average Bonchev–Trinajstić information content (AvgIpc) is 3.26. The lowest BCUT2D eigenvalue weighted by Crippen LogP contribution is -2.39. The van der Waals surface area contributed by atoms with Crippen LogP contribution in [0.15, 0.2) is 30.3 Å². The third-order valence-corrected chi connectivity index (χ3v) is 6.38. The first-order valence-corrected chi connectivity index (χ1v) is 10.0. The second-order valence-electron chi connectivity index (χ2n) is 6.91. The fraction of sp³-hybridized carbons (Fsp3) is 0.429. The van der Waals surface area contributed by atoms with Crippen molar-refractivity contribution in [3.63, 3.8) is 0 Å². The molecule has 1 aliphatic heterocycles. The van der Waals surface area contributed by atoms with Gasteiger partial charge in [0, 0.05) is 11.4 Å². The molecule has 1 fully saturated rings. The average molecular weight is 371 g/mol. The summed E-state index contributed by atoms with van der Waals surface area (Å²) in [4.78, 5) is 28.8. The number of carbonyl (C=O) groups excluding carboxylic acids is 2. The lowest BCUT2D eigenvalue weighted by molar-refractivity contribution is -0.131. The maximum atomic E-state index is 12.7. The van der Waals surface area contributed by atoms with Crippen LogP contribution in [0.5, 0.6) is 0 Å². The van der Waals surface area contributed by atoms with Crippen LogP contribution in [0.1, 0.15) is 57.0 Å². The molecule has 2 aromatic rings. The molecule has 138 valence electrons. The zero-order chi connectivity index (χ0) is 18.7. The molecule has 0 spiro atoms. The number of hydrogen-bond donors (Lipinski definition) is 1. The Morgan fingerprint density at radius 2 is 1.96 bits per heavy atom. The van der Waals surface area contributed by atoms with Crippen molar-refractivity contribution in [3.8, 4) is 0 Å². The minimum Gasteiger partial charge on any atom is -0.342 e. The predicted molar refractivity (Wildman–Crippen MR) is 106 cm³/mol. The van der Waals surface area contributed by atoms with E-state index in [1.807, 2.05) is 17.9 Å². The molecule has 2 amide bonds. The zero-order valence-electron chi connectivity index (χ0n) is 15.7. The zero-order valence-corrected chi connectivity index (χ0v) is 16.5. The van der Waals surface area contributed by atoms with Crippen molar-refractivity contribution < 1.29 is 9.59 Å². The molecule has 4 nitrogen and oxygen atoms in total. The molecular formula is C21H26N2O2S. The normalized spacial score (nSPS) is 16.7. The number of likely N-dealkylation sites (tertiary alicyclic amines) is 1. The predicted octanol–water partition coefficient (Wildman–Crippen LogP) is 4.02. The summed E-state index contributed by atoms with van der Waals surface area (Å²) in [6, 6.07) is 10.4. The number of thiophene rings is 1. The molecule has 1 aliphatic rings. The van der Waals surface area contributed by atoms with Crippen molar-refractivity contribution >= 4 is 23.2 Å². The summed E-state index contributed by atoms with van der Waals surface area (Å²) in [5.74, 6) is -0.164. The van der Waals surface area contributed by atoms with Crippen LogP contribution in [0, 0.1) is 13.8 Å². The number of nitrogens with zero attached hydrogens (tertiary/aromatic N) is 1. The van der Waals surface area contributed by atoms with E-state index in [2.05, 4.69) is 43.4 Å². The van der Waals surface area contributed by atoms with Gasteiger partial charge in [-0.1, -0.05) is 36.8 Å². The van der Waals surface area contributed by atoms with Gasteiger partial charge in [-0.05, 0) is 50.3 Å². The molecule has 1 N–H and O–H groups in total. The van der Waals surface area contributed by atoms with E-state index in [4.69, 9.17) is 0 Å². The highest BCUT2D eigenvalue weighted by molar-refractivity contribution is 7.14. The molecule has 26 heavy (non-hydrogen) atoms. The van der Waals surface area contributed by atoms with Gasteiger partial charge in [0.1, 0.15) is 0 Å². The summed E-state index contributed by atoms with van der Waals surface area (Å²) < 4.78 is 0. The SMILES string of the molecule is CCc1sc(C(=O)NCC(=O)N2CCC[C@H]2c2ccc(C)cc2)cc1C. The van der Waals surface area contributed by atoms with Crippen molar-refractivity contribution in [2.45, 2.75) is 46.1 Å². The van der Waals surface area contributed by atoms with Gasteiger partial charge in [0.2, 0.25) is 5.91 Å². The Labute approximate surface area is 159 Å². The Kier molecular flexibility index (Phi) is 5.77. The Morgan fingerprint density at radius 1 is 1.23 bits per heavy atom. The number of hydrogen-bond acceptors (Lipinski definition) is 3. The first-order valence-electron chi connectivity index (χ1n) is 9.23. The van der Waals surface area contributed by atoms with E-state index in [1.54, 1.807) is 0 Å². The van der Waals surface area contributed by atoms with Gasteiger partial charge in [-0.15, -0.1) is 11.3 Å². The van der Waals surface area contributed by atoms with Gasteiger partial charge >= 0.3 is 0 Å². The van der Waals surface area contributed by atoms with Crippen LogP contribution < -0.4 is 5.32 Å². The van der Waals surface area contributed by atoms with Crippen LogP contribution >= 0.6 is 11.3 Å². The minimum absolute atomic E-state index is 0.00887. The molecule has 1 saturated heterocycles. The van der Waals surface area contributed by atoms with Gasteiger partial charge in [-0.25, -0.2) is 0 Å². The summed E-state index contributed by atoms with van der Waals surface area (Å²) in [5.41, 5.74) is 3.54. The topological polar surface area (TPSA) is 49.4 Å². The lowest BCUT2D eigenvalue weighted by atomic mass is 10.0. The number of amides is 2. The highest BCUT2D eigenvalue weighted by atomic mass is 32.1. The summed E-state index contributed by atoms with van der Waals surface area (Å²) >= 11 is 1.51. The second kappa shape index (κ2) is 8.04. The summed E-state index contributed by atoms with van der Waals surface area (Å²) in [6.45, 7) is 6.98. The van der Waals surface area contributed by atoms with Crippen LogP contribution in [-0.2, 0) is 11.2 Å². The molecule has 1 atom stereocenters. The molecule has 3 rings (SSSR count). The number of aryl methyl sites for hydroxylation is 3. The molecule has 0 unspecified atom stereocenters. The molecule has 5 heteroatoms. The van der Waals surface area contributed by atoms with Crippen LogP contribution in [0.4, 0.5) is 0 Å². The highest BCUT2D eigenvalue weighted by Gasteiger charge is 2.29. The number of rotatable bonds is 5. The largest absolute Gasteiger partial charge is 0.342 e. The van der Waals surface area contributed by atoms with E-state index in [1.165, 1.54) is 27.3 Å². The molecule has 0 bridgehead atoms. The summed E-state index contributed by atoms with van der Waals surface area (Å²) in [5, 5.41) is 2.80. The minimum atomic E-state index is -0.155. The maximum Gasteiger partial charge on any atom is 0.261 e. The molecule has 1 aromatic heterocycles. The van der Waals surface area contributed by atoms with E-state index < -0.39 is 0 Å². The van der Waals surface area contributed by atoms with E-state index in [9.17, 15) is 9.59 Å². The fourth-order valence-corrected chi connectivity index (χ4v) is 4.56. The van der Waals surface area contributed by atoms with Gasteiger partial charge in [-0.3, -0.25) is 9.59 Å². The van der Waals surface area contributed by atoms with Crippen LogP contribution in [0.25, 0.3) is 0 Å². The Hall–Kier alpha value is -2.14. The third kappa shape index (κ3) is 3.98. The maximum absolute atomic E-state index is 12.7. The third-order valence-electron chi connectivity index (χ3n) is 5.00. The lowest BCUT2D eigenvalue weighted by Gasteiger charge is -2.25. The summed E-state index contributed by atoms with van der Waals surface area (Å²) in [6.07, 6.45) is 2.91. The van der Waals surface area contributed by atoms with Gasteiger partial charge in [0.05, 0.1) is 17.5 Å². The van der Waals surface area contributed by atoms with Crippen molar-refractivity contribution in [2.75, 3.05) is 13.1 Å². The number of benzene rings is 1. The van der Waals surface area contributed by atoms with Crippen molar-refractivity contribution in [3.05, 3.63) is 56.8 Å². The number of carbonyl (C=O) groups is 2. The number of nitrogens with one attached hydrogen (secondary N) is 1. The van der Waals surface area contributed by atoms with E-state index in [0.29, 0.717) is 4.88 Å². The monoisotopic (exact) mass is 370 g/mol. The van der Waals surface area contributed by atoms with E-state index in [-0.39, 0.29) is 24.4 Å². The molecule has 0 aliphatic carbocycles. The molecule has 2 heterocycles. The van der Waals surface area contributed by atoms with Crippen molar-refractivity contribution in [1.82, 2.24) is 10.2 Å². The first kappa shape index (κ1) is 18.6. The highest BCUT2D eigenvalue weighted by Crippen LogP contribution is 2.32. The van der Waals surface area contributed by atoms with Crippen molar-refractivity contribution in [2.24, 2.45) is 0 Å². The first-order chi connectivity index (χ1) is 12.5. The molecule has 1 aromatic carbocycles. The van der Waals surface area contributed by atoms with Crippen molar-refractivity contribution in [1.29, 1.82) is 0 Å². The van der Waals surface area contributed by atoms with Crippen LogP contribution in [0.3, 0.4) is 0 Å². The second-order valence-corrected chi connectivity index (χ2v) is 8.05. The molecule has 0 radical (unpaired) electrons. The van der Waals surface area contributed by atoms with E-state index >= 15 is 0 Å². The van der Waals surface area contributed by atoms with Gasteiger partial charge < -0.3 is 10.2 Å². The van der Waals surface area contributed by atoms with E-state index in [0.717, 1.165) is 31.4 Å². The van der Waals surface area contributed by atoms with Gasteiger partial charge in [0.25, 0.3) is 5.91 Å². The molecule has 0 saturated carbocycles. The van der Waals surface area contributed by atoms with Gasteiger partial charge in [-0.2, -0.15) is 0 Å².